The van der Waals surface area contributed by atoms with Crippen molar-refractivity contribution in [3.05, 3.63) is 461 Å². The molecule has 4 heteroatoms. The highest BCUT2D eigenvalue weighted by Crippen LogP contribution is 2.52. The van der Waals surface area contributed by atoms with E-state index in [1.54, 1.807) is 0 Å². The molecule has 0 saturated carbocycles. The smallest absolute Gasteiger partial charge is 0.0540 e. The largest absolute Gasteiger partial charge is 0.310 e. The van der Waals surface area contributed by atoms with Gasteiger partial charge in [0, 0.05) is 67.6 Å². The van der Waals surface area contributed by atoms with Gasteiger partial charge in [0.1, 0.15) is 0 Å². The van der Waals surface area contributed by atoms with Crippen LogP contribution in [0.5, 0.6) is 0 Å². The van der Waals surface area contributed by atoms with Crippen molar-refractivity contribution in [2.24, 2.45) is 0 Å². The number of anilines is 12. The van der Waals surface area contributed by atoms with Crippen LogP contribution in [0.3, 0.4) is 0 Å². The third-order valence-electron chi connectivity index (χ3n) is 21.6. The molecule has 0 aromatic heterocycles. The topological polar surface area (TPSA) is 13.0 Å². The molecule has 20 rings (SSSR count). The van der Waals surface area contributed by atoms with Crippen LogP contribution in [0.25, 0.3) is 109 Å². The fourth-order valence-corrected chi connectivity index (χ4v) is 16.6. The first-order valence-corrected chi connectivity index (χ1v) is 38.4. The predicted octanol–water partition coefficient (Wildman–Crippen LogP) is 30.8. The first-order valence-electron chi connectivity index (χ1n) is 38.4. The molecule has 0 aliphatic carbocycles. The molecule has 0 aliphatic heterocycles. The summed E-state index contributed by atoms with van der Waals surface area (Å²) in [6, 6.07) is 166. The molecular weight excluding hydrogens is 1350 g/mol. The number of rotatable bonds is 16. The van der Waals surface area contributed by atoms with Crippen LogP contribution in [0.2, 0.25) is 0 Å². The van der Waals surface area contributed by atoms with Crippen molar-refractivity contribution in [1.82, 2.24) is 0 Å². The van der Waals surface area contributed by atoms with E-state index >= 15 is 0 Å². The summed E-state index contributed by atoms with van der Waals surface area (Å²) >= 11 is 0. The third-order valence-corrected chi connectivity index (χ3v) is 21.6. The van der Waals surface area contributed by atoms with Crippen LogP contribution in [-0.2, 0) is 0 Å². The van der Waals surface area contributed by atoms with E-state index in [0.717, 1.165) is 68.2 Å². The fraction of sp³-hybridized carbons (Fsp3) is 0. The summed E-state index contributed by atoms with van der Waals surface area (Å²) in [6.07, 6.45) is 0. The molecule has 0 heterocycles. The summed E-state index contributed by atoms with van der Waals surface area (Å²) in [4.78, 5) is 9.52. The Hall–Kier alpha value is -14.8. The predicted molar refractivity (Wildman–Crippen MR) is 478 cm³/mol. The molecule has 0 unspecified atom stereocenters. The number of hydrogen-bond acceptors (Lipinski definition) is 4. The van der Waals surface area contributed by atoms with E-state index in [4.69, 9.17) is 0 Å². The monoisotopic (exact) mass is 1430 g/mol. The Balaban J connectivity index is 0.000000152. The normalized spacial score (nSPS) is 11.2. The molecule has 20 aromatic rings. The second-order valence-corrected chi connectivity index (χ2v) is 28.2. The minimum Gasteiger partial charge on any atom is -0.310 e. The van der Waals surface area contributed by atoms with Gasteiger partial charge in [0.15, 0.2) is 0 Å². The number of fused-ring (bicyclic) bond motifs is 6. The highest BCUT2D eigenvalue weighted by atomic mass is 15.2. The van der Waals surface area contributed by atoms with E-state index in [-0.39, 0.29) is 0 Å². The highest BCUT2D eigenvalue weighted by Gasteiger charge is 2.26. The van der Waals surface area contributed by atoms with Gasteiger partial charge in [-0.3, -0.25) is 0 Å². The standard InChI is InChI=1S/C58H40N2.C50H36N2/c1-5-21-43(22-6-1)57-51-37-35-48(60(46-29-11-4-12-30-46)56-34-18-26-42-20-14-16-32-50(42)56)40-54(51)58(44-23-7-2-8-24-44)52-38-36-47(39-53(52)57)59(45-27-9-3-10-28-45)55-33-17-25-41-19-13-15-31-49(41)55;1-7-19-37(20-8-1)49-45-33-31-44(52(41-27-15-5-16-28-41)42-29-17-6-18-30-42)36-48(45)50(38-21-9-2-10-22-38)46-34-32-43(35-47(46)49)51(39-23-11-3-12-24-39)40-25-13-4-14-26-40/h1-40H;1-36H. The van der Waals surface area contributed by atoms with Gasteiger partial charge < -0.3 is 19.6 Å². The number of hydrogen-bond donors (Lipinski definition) is 0. The van der Waals surface area contributed by atoms with Crippen LogP contribution in [-0.4, -0.2) is 0 Å². The number of para-hydroxylation sites is 6. The molecule has 0 atom stereocenters. The van der Waals surface area contributed by atoms with Crippen LogP contribution < -0.4 is 19.6 Å². The van der Waals surface area contributed by atoms with Gasteiger partial charge in [-0.2, -0.15) is 0 Å². The second-order valence-electron chi connectivity index (χ2n) is 28.2. The Morgan fingerprint density at radius 3 is 0.562 bits per heavy atom. The second kappa shape index (κ2) is 30.4. The fourth-order valence-electron chi connectivity index (χ4n) is 16.6. The van der Waals surface area contributed by atoms with Gasteiger partial charge in [-0.15, -0.1) is 0 Å². The summed E-state index contributed by atoms with van der Waals surface area (Å²) in [6.45, 7) is 0. The van der Waals surface area contributed by atoms with Gasteiger partial charge in [-0.1, -0.05) is 328 Å². The molecule has 0 aliphatic rings. The van der Waals surface area contributed by atoms with E-state index < -0.39 is 0 Å². The van der Waals surface area contributed by atoms with Gasteiger partial charge in [0.2, 0.25) is 0 Å². The van der Waals surface area contributed by atoms with Crippen molar-refractivity contribution in [3.8, 4) is 44.5 Å². The molecule has 0 bridgehead atoms. The zero-order valence-electron chi connectivity index (χ0n) is 61.7. The maximum atomic E-state index is 2.42. The van der Waals surface area contributed by atoms with Gasteiger partial charge in [0.25, 0.3) is 0 Å². The average Bonchev–Trinajstić information content (AvgIpc) is 0.725. The first-order chi connectivity index (χ1) is 55.6. The lowest BCUT2D eigenvalue weighted by Gasteiger charge is -2.29. The molecular formula is C108H76N4. The summed E-state index contributed by atoms with van der Waals surface area (Å²) in [7, 11) is 0. The number of nitrogens with zero attached hydrogens (tertiary/aromatic N) is 4. The third kappa shape index (κ3) is 13.0. The van der Waals surface area contributed by atoms with Gasteiger partial charge in [0.05, 0.1) is 11.4 Å². The molecule has 0 radical (unpaired) electrons. The van der Waals surface area contributed by atoms with Crippen LogP contribution in [0.4, 0.5) is 68.2 Å². The molecule has 4 nitrogen and oxygen atoms in total. The van der Waals surface area contributed by atoms with Crippen LogP contribution in [0.15, 0.2) is 461 Å². The lowest BCUT2D eigenvalue weighted by Crippen LogP contribution is -2.11. The summed E-state index contributed by atoms with van der Waals surface area (Å²) in [5.41, 5.74) is 23.0. The Morgan fingerprint density at radius 1 is 0.116 bits per heavy atom. The van der Waals surface area contributed by atoms with Crippen LogP contribution in [0.1, 0.15) is 0 Å². The molecule has 0 N–H and O–H groups in total. The summed E-state index contributed by atoms with van der Waals surface area (Å²) in [5.74, 6) is 0. The van der Waals surface area contributed by atoms with Crippen molar-refractivity contribution < 1.29 is 0 Å². The van der Waals surface area contributed by atoms with Gasteiger partial charge in [-0.25, -0.2) is 0 Å². The minimum absolute atomic E-state index is 1.10. The minimum atomic E-state index is 1.10. The summed E-state index contributed by atoms with van der Waals surface area (Å²) < 4.78 is 0. The van der Waals surface area contributed by atoms with Crippen LogP contribution in [0, 0.1) is 0 Å². The lowest BCUT2D eigenvalue weighted by atomic mass is 9.85. The van der Waals surface area contributed by atoms with Gasteiger partial charge in [-0.05, 0) is 232 Å². The molecule has 20 aromatic carbocycles. The van der Waals surface area contributed by atoms with E-state index in [9.17, 15) is 0 Å². The molecule has 0 spiro atoms. The van der Waals surface area contributed by atoms with Crippen molar-refractivity contribution in [2.45, 2.75) is 0 Å². The quantitative estimate of drug-likeness (QED) is 0.0894. The molecule has 0 fully saturated rings. The van der Waals surface area contributed by atoms with E-state index in [0.29, 0.717) is 0 Å². The molecule has 528 valence electrons. The van der Waals surface area contributed by atoms with E-state index in [2.05, 4.69) is 481 Å². The Morgan fingerprint density at radius 2 is 0.312 bits per heavy atom. The first kappa shape index (κ1) is 67.7. The maximum Gasteiger partial charge on any atom is 0.0540 e. The molecule has 0 saturated heterocycles. The Bertz CT molecular complexity index is 6210. The van der Waals surface area contributed by atoms with Crippen molar-refractivity contribution in [1.29, 1.82) is 0 Å². The van der Waals surface area contributed by atoms with E-state index in [1.807, 2.05) is 0 Å². The van der Waals surface area contributed by atoms with Crippen LogP contribution >= 0.6 is 0 Å². The Labute approximate surface area is 653 Å². The molecule has 0 amide bonds. The van der Waals surface area contributed by atoms with Crippen molar-refractivity contribution in [3.63, 3.8) is 0 Å². The SMILES string of the molecule is c1ccc(-c2c3ccc(N(c4ccccc4)c4cccc5ccccc45)cc3c(-c3ccccc3)c3ccc(N(c4ccccc4)c4cccc5ccccc45)cc23)cc1.c1ccc(-c2c3ccc(N(c4ccccc4)c4ccccc4)cc3c(-c3ccccc3)c3ccc(N(c4ccccc4)c4ccccc4)cc23)cc1. The highest BCUT2D eigenvalue weighted by molar-refractivity contribution is 6.25. The zero-order chi connectivity index (χ0) is 74.5. The van der Waals surface area contributed by atoms with Crippen molar-refractivity contribution >= 4 is 133 Å². The maximum absolute atomic E-state index is 2.42. The Kier molecular flexibility index (Phi) is 18.4. The summed E-state index contributed by atoms with van der Waals surface area (Å²) in [5, 5.41) is 14.5. The average molecular weight is 1430 g/mol. The van der Waals surface area contributed by atoms with Crippen molar-refractivity contribution in [2.75, 3.05) is 19.6 Å². The number of benzene rings is 20. The van der Waals surface area contributed by atoms with E-state index in [1.165, 1.54) is 109 Å². The molecule has 112 heavy (non-hydrogen) atoms. The lowest BCUT2D eigenvalue weighted by molar-refractivity contribution is 1.29. The zero-order valence-corrected chi connectivity index (χ0v) is 61.7. The van der Waals surface area contributed by atoms with Gasteiger partial charge >= 0.3 is 0 Å².